The molecule has 0 amide bonds. The van der Waals surface area contributed by atoms with Crippen molar-refractivity contribution in [1.29, 1.82) is 0 Å². The molecule has 1 unspecified atom stereocenters. The van der Waals surface area contributed by atoms with Crippen LogP contribution in [0.15, 0.2) is 24.3 Å². The summed E-state index contributed by atoms with van der Waals surface area (Å²) in [6.07, 6.45) is 1.85. The second kappa shape index (κ2) is 10.8. The van der Waals surface area contributed by atoms with Crippen LogP contribution < -0.4 is 24.4 Å². The molecule has 0 bridgehead atoms. The Labute approximate surface area is 252 Å². The largest absolute Gasteiger partial charge is 0.508 e. The van der Waals surface area contributed by atoms with Crippen molar-refractivity contribution in [2.75, 3.05) is 49.5 Å². The number of rotatable bonds is 7. The molecule has 7 rings (SSSR count). The number of phenols is 1. The quantitative estimate of drug-likeness (QED) is 0.309. The minimum atomic E-state index is -3.52. The molecule has 2 aromatic carbocycles. The minimum Gasteiger partial charge on any atom is -0.508 e. The lowest BCUT2D eigenvalue weighted by atomic mass is 9.95. The molecular weight excluding hydrogens is 604 g/mol. The van der Waals surface area contributed by atoms with Crippen molar-refractivity contribution in [3.8, 4) is 11.8 Å². The standard InChI is InChI=1S/C28H32ClF2N7O4S/c29-25-21(31)3-2-16-8-19(39)9-23(24(16)25)37-7-4-20-22(14-37)34-27(35-26(20)32-11-18-12-33-43(40,41)36-18)42-15-28-5-1-6-38(28)13-17(30)10-28/h2-3,8-9,17-18,33,36,39H,1,4-7,10-15H2,(H,32,34,35)/t17-,18?,28+/m1/s1. The third-order valence-electron chi connectivity index (χ3n) is 8.94. The molecule has 3 aromatic rings. The van der Waals surface area contributed by atoms with Gasteiger partial charge in [-0.3, -0.25) is 4.90 Å². The van der Waals surface area contributed by atoms with E-state index in [1.54, 1.807) is 18.2 Å². The van der Waals surface area contributed by atoms with E-state index in [2.05, 4.69) is 24.6 Å². The number of ether oxygens (including phenoxy) is 1. The SMILES string of the molecule is O=S1(=O)NCC(CNc2nc(OC[C@@]34CCCN3C[C@H](F)C4)nc3c2CCN(c2cc(O)cc4ccc(F)c(Cl)c24)C3)N1. The lowest BCUT2D eigenvalue weighted by molar-refractivity contribution is 0.107. The highest BCUT2D eigenvalue weighted by Crippen LogP contribution is 2.42. The fourth-order valence-corrected chi connectivity index (χ4v) is 8.31. The average Bonchev–Trinajstić information content (AvgIpc) is 3.62. The van der Waals surface area contributed by atoms with Crippen LogP contribution in [0.3, 0.4) is 0 Å². The van der Waals surface area contributed by atoms with Gasteiger partial charge in [-0.2, -0.15) is 23.1 Å². The normalized spacial score (nSPS) is 26.5. The van der Waals surface area contributed by atoms with Gasteiger partial charge >= 0.3 is 6.01 Å². The molecule has 230 valence electrons. The molecule has 0 radical (unpaired) electrons. The Morgan fingerprint density at radius 1 is 1.26 bits per heavy atom. The number of anilines is 2. The van der Waals surface area contributed by atoms with Crippen LogP contribution in [0.2, 0.25) is 5.02 Å². The summed E-state index contributed by atoms with van der Waals surface area (Å²) in [6, 6.07) is 5.73. The monoisotopic (exact) mass is 635 g/mol. The van der Waals surface area contributed by atoms with Crippen molar-refractivity contribution in [3.05, 3.63) is 46.4 Å². The van der Waals surface area contributed by atoms with Crippen molar-refractivity contribution >= 4 is 44.1 Å². The van der Waals surface area contributed by atoms with Gasteiger partial charge in [-0.25, -0.2) is 13.5 Å². The highest BCUT2D eigenvalue weighted by Gasteiger charge is 2.49. The first-order valence-electron chi connectivity index (χ1n) is 14.4. The molecule has 5 heterocycles. The first-order valence-corrected chi connectivity index (χ1v) is 16.2. The number of nitrogens with one attached hydrogen (secondary N) is 3. The molecule has 0 aliphatic carbocycles. The zero-order chi connectivity index (χ0) is 29.9. The Morgan fingerprint density at radius 3 is 2.93 bits per heavy atom. The number of fused-ring (bicyclic) bond motifs is 3. The van der Waals surface area contributed by atoms with E-state index >= 15 is 0 Å². The summed E-state index contributed by atoms with van der Waals surface area (Å²) in [5.74, 6) is 0.00901. The first kappa shape index (κ1) is 28.7. The van der Waals surface area contributed by atoms with Crippen molar-refractivity contribution < 1.29 is 27.0 Å². The van der Waals surface area contributed by atoms with Crippen LogP contribution in [-0.4, -0.2) is 85.5 Å². The third-order valence-corrected chi connectivity index (χ3v) is 10.5. The number of hydrogen-bond donors (Lipinski definition) is 4. The Morgan fingerprint density at radius 2 is 2.12 bits per heavy atom. The summed E-state index contributed by atoms with van der Waals surface area (Å²) < 4.78 is 63.7. The van der Waals surface area contributed by atoms with E-state index in [1.165, 1.54) is 6.07 Å². The molecule has 11 nitrogen and oxygen atoms in total. The molecule has 3 saturated heterocycles. The molecule has 4 N–H and O–H groups in total. The van der Waals surface area contributed by atoms with E-state index in [4.69, 9.17) is 21.3 Å². The number of aromatic nitrogens is 2. The summed E-state index contributed by atoms with van der Waals surface area (Å²) in [7, 11) is -3.52. The van der Waals surface area contributed by atoms with Gasteiger partial charge < -0.3 is 20.1 Å². The molecule has 43 heavy (non-hydrogen) atoms. The van der Waals surface area contributed by atoms with Crippen LogP contribution in [0, 0.1) is 5.82 Å². The molecule has 15 heteroatoms. The van der Waals surface area contributed by atoms with Crippen LogP contribution in [-0.2, 0) is 23.2 Å². The Kier molecular flexibility index (Phi) is 7.24. The second-order valence-electron chi connectivity index (χ2n) is 11.8. The van der Waals surface area contributed by atoms with Crippen molar-refractivity contribution in [1.82, 2.24) is 24.3 Å². The van der Waals surface area contributed by atoms with E-state index < -0.39 is 22.2 Å². The predicted molar refractivity (Wildman–Crippen MR) is 158 cm³/mol. The lowest BCUT2D eigenvalue weighted by Gasteiger charge is -2.33. The molecule has 4 aliphatic heterocycles. The molecular formula is C28H32ClF2N7O4S. The van der Waals surface area contributed by atoms with Gasteiger partial charge in [0.05, 0.1) is 34.5 Å². The van der Waals surface area contributed by atoms with E-state index in [0.717, 1.165) is 24.9 Å². The summed E-state index contributed by atoms with van der Waals surface area (Å²) >= 11 is 6.41. The van der Waals surface area contributed by atoms with E-state index in [9.17, 15) is 22.3 Å². The predicted octanol–water partition coefficient (Wildman–Crippen LogP) is 2.86. The maximum atomic E-state index is 14.5. The van der Waals surface area contributed by atoms with Gasteiger partial charge in [0, 0.05) is 49.6 Å². The zero-order valence-corrected chi connectivity index (χ0v) is 24.8. The molecule has 3 fully saturated rings. The van der Waals surface area contributed by atoms with Crippen LogP contribution in [0.5, 0.6) is 11.8 Å². The third kappa shape index (κ3) is 5.43. The maximum Gasteiger partial charge on any atom is 0.318 e. The number of benzene rings is 2. The fraction of sp³-hybridized carbons (Fsp3) is 0.500. The van der Waals surface area contributed by atoms with Gasteiger partial charge in [-0.15, -0.1) is 0 Å². The van der Waals surface area contributed by atoms with Gasteiger partial charge in [-0.05, 0) is 43.3 Å². The first-order chi connectivity index (χ1) is 20.6. The van der Waals surface area contributed by atoms with Gasteiger partial charge in [0.2, 0.25) is 0 Å². The molecule has 3 atom stereocenters. The molecule has 4 aliphatic rings. The highest BCUT2D eigenvalue weighted by molar-refractivity contribution is 7.87. The smallest absolute Gasteiger partial charge is 0.318 e. The topological polar surface area (TPSA) is 132 Å². The van der Waals surface area contributed by atoms with Crippen LogP contribution >= 0.6 is 11.6 Å². The highest BCUT2D eigenvalue weighted by atomic mass is 35.5. The number of hydrogen-bond acceptors (Lipinski definition) is 9. The zero-order valence-electron chi connectivity index (χ0n) is 23.2. The molecule has 0 spiro atoms. The number of phenolic OH excluding ortho intramolecular Hbond substituents is 1. The number of halogens is 3. The minimum absolute atomic E-state index is 0.0249. The Bertz CT molecular complexity index is 1700. The molecule has 1 aromatic heterocycles. The van der Waals surface area contributed by atoms with Crippen molar-refractivity contribution in [3.63, 3.8) is 0 Å². The van der Waals surface area contributed by atoms with Gasteiger partial charge in [0.25, 0.3) is 10.2 Å². The maximum absolute atomic E-state index is 14.5. The van der Waals surface area contributed by atoms with Gasteiger partial charge in [0.1, 0.15) is 30.2 Å². The van der Waals surface area contributed by atoms with Crippen LogP contribution in [0.25, 0.3) is 10.8 Å². The lowest BCUT2D eigenvalue weighted by Crippen LogP contribution is -2.43. The van der Waals surface area contributed by atoms with Crippen LogP contribution in [0.4, 0.5) is 20.3 Å². The fourth-order valence-electron chi connectivity index (χ4n) is 6.93. The van der Waals surface area contributed by atoms with E-state index in [-0.39, 0.29) is 48.1 Å². The number of aromatic hydroxyl groups is 1. The van der Waals surface area contributed by atoms with Gasteiger partial charge in [0.15, 0.2) is 0 Å². The van der Waals surface area contributed by atoms with Gasteiger partial charge in [-0.1, -0.05) is 17.7 Å². The van der Waals surface area contributed by atoms with E-state index in [1.807, 2.05) is 4.90 Å². The summed E-state index contributed by atoms with van der Waals surface area (Å²) in [6.45, 7) is 2.83. The summed E-state index contributed by atoms with van der Waals surface area (Å²) in [4.78, 5) is 13.6. The Hall–Kier alpha value is -3.04. The van der Waals surface area contributed by atoms with Crippen molar-refractivity contribution in [2.45, 2.75) is 50.0 Å². The number of nitrogens with zero attached hydrogens (tertiary/aromatic N) is 4. The van der Waals surface area contributed by atoms with Crippen molar-refractivity contribution in [2.24, 2.45) is 0 Å². The second-order valence-corrected chi connectivity index (χ2v) is 13.7. The Balaban J connectivity index is 1.20. The molecule has 0 saturated carbocycles. The summed E-state index contributed by atoms with van der Waals surface area (Å²) in [5, 5.41) is 14.8. The number of alkyl halides is 1. The van der Waals surface area contributed by atoms with Crippen LogP contribution in [0.1, 0.15) is 30.5 Å². The van der Waals surface area contributed by atoms with E-state index in [0.29, 0.717) is 60.4 Å². The summed E-state index contributed by atoms with van der Waals surface area (Å²) in [5.41, 5.74) is 1.72. The average molecular weight is 636 g/mol.